The highest BCUT2D eigenvalue weighted by Crippen LogP contribution is 2.21. The molecule has 1 N–H and O–H groups in total. The van der Waals surface area contributed by atoms with Gasteiger partial charge in [-0.1, -0.05) is 24.6 Å². The van der Waals surface area contributed by atoms with Gasteiger partial charge in [0.2, 0.25) is 0 Å². The predicted molar refractivity (Wildman–Crippen MR) is 78.6 cm³/mol. The lowest BCUT2D eigenvalue weighted by Crippen LogP contribution is -2.11. The van der Waals surface area contributed by atoms with Gasteiger partial charge in [-0.2, -0.15) is 11.8 Å². The Hall–Kier alpha value is -0.800. The van der Waals surface area contributed by atoms with E-state index >= 15 is 0 Å². The van der Waals surface area contributed by atoms with E-state index < -0.39 is 0 Å². The minimum absolute atomic E-state index is 0.185. The third-order valence-electron chi connectivity index (χ3n) is 2.99. The van der Waals surface area contributed by atoms with Gasteiger partial charge < -0.3 is 5.11 Å². The van der Waals surface area contributed by atoms with Gasteiger partial charge in [-0.25, -0.2) is 0 Å². The molecule has 0 aliphatic rings. The van der Waals surface area contributed by atoms with Crippen LogP contribution in [0, 0.1) is 20.8 Å². The summed E-state index contributed by atoms with van der Waals surface area (Å²) in [4.78, 5) is 12.2. The molecule has 1 rings (SSSR count). The zero-order chi connectivity index (χ0) is 13.7. The molecule has 1 atom stereocenters. The van der Waals surface area contributed by atoms with Gasteiger partial charge in [-0.05, 0) is 38.3 Å². The van der Waals surface area contributed by atoms with Gasteiger partial charge in [0.15, 0.2) is 5.78 Å². The molecule has 100 valence electrons. The Morgan fingerprint density at radius 1 is 1.28 bits per heavy atom. The summed E-state index contributed by atoms with van der Waals surface area (Å²) < 4.78 is 0. The zero-order valence-corrected chi connectivity index (χ0v) is 12.4. The van der Waals surface area contributed by atoms with Crippen molar-refractivity contribution in [2.75, 3.05) is 12.4 Å². The standard InChI is InChI=1S/C15H22O2S/c1-10-7-11(2)15(12(3)8-10)14(17)9-18-13(4)5-6-16/h7-8,13,16H,5-6,9H2,1-4H3. The third-order valence-corrected chi connectivity index (χ3v) is 4.22. The van der Waals surface area contributed by atoms with Crippen LogP contribution in [-0.4, -0.2) is 28.5 Å². The first kappa shape index (κ1) is 15.3. The number of rotatable bonds is 6. The Labute approximate surface area is 114 Å². The maximum Gasteiger partial charge on any atom is 0.173 e. The molecular formula is C15H22O2S. The number of Topliss-reactive ketones (excluding diaryl/α,β-unsaturated/α-hetero) is 1. The number of aliphatic hydroxyl groups is 1. The van der Waals surface area contributed by atoms with Gasteiger partial charge in [0, 0.05) is 17.4 Å². The van der Waals surface area contributed by atoms with E-state index in [9.17, 15) is 4.79 Å². The van der Waals surface area contributed by atoms with Crippen LogP contribution >= 0.6 is 11.8 Å². The second kappa shape index (κ2) is 6.95. The average molecular weight is 266 g/mol. The van der Waals surface area contributed by atoms with E-state index in [0.717, 1.165) is 23.1 Å². The van der Waals surface area contributed by atoms with E-state index in [-0.39, 0.29) is 12.4 Å². The monoisotopic (exact) mass is 266 g/mol. The molecule has 0 heterocycles. The molecule has 1 unspecified atom stereocenters. The van der Waals surface area contributed by atoms with Crippen LogP contribution in [0.2, 0.25) is 0 Å². The van der Waals surface area contributed by atoms with Crippen molar-refractivity contribution >= 4 is 17.5 Å². The maximum atomic E-state index is 12.2. The number of carbonyl (C=O) groups is 1. The number of aryl methyl sites for hydroxylation is 3. The molecule has 0 bridgehead atoms. The Morgan fingerprint density at radius 3 is 2.33 bits per heavy atom. The highest BCUT2D eigenvalue weighted by atomic mass is 32.2. The van der Waals surface area contributed by atoms with E-state index in [1.54, 1.807) is 11.8 Å². The number of carbonyl (C=O) groups excluding carboxylic acids is 1. The smallest absolute Gasteiger partial charge is 0.173 e. The molecule has 0 radical (unpaired) electrons. The highest BCUT2D eigenvalue weighted by Gasteiger charge is 2.14. The van der Waals surface area contributed by atoms with Gasteiger partial charge in [0.25, 0.3) is 0 Å². The van der Waals surface area contributed by atoms with Crippen molar-refractivity contribution in [1.29, 1.82) is 0 Å². The van der Waals surface area contributed by atoms with E-state index in [1.807, 2.05) is 27.7 Å². The zero-order valence-electron chi connectivity index (χ0n) is 11.6. The first-order valence-electron chi connectivity index (χ1n) is 6.29. The molecule has 18 heavy (non-hydrogen) atoms. The SMILES string of the molecule is Cc1cc(C)c(C(=O)CSC(C)CCO)c(C)c1. The van der Waals surface area contributed by atoms with Crippen LogP contribution in [0.4, 0.5) is 0 Å². The number of benzene rings is 1. The van der Waals surface area contributed by atoms with E-state index in [1.165, 1.54) is 5.56 Å². The summed E-state index contributed by atoms with van der Waals surface area (Å²) in [6.07, 6.45) is 0.740. The van der Waals surface area contributed by atoms with Gasteiger partial charge in [-0.15, -0.1) is 0 Å². The molecule has 2 nitrogen and oxygen atoms in total. The summed E-state index contributed by atoms with van der Waals surface area (Å²) >= 11 is 1.62. The normalized spacial score (nSPS) is 12.5. The second-order valence-corrected chi connectivity index (χ2v) is 6.26. The summed E-state index contributed by atoms with van der Waals surface area (Å²) in [5, 5.41) is 9.16. The molecule has 1 aromatic rings. The van der Waals surface area contributed by atoms with Gasteiger partial charge in [0.1, 0.15) is 0 Å². The maximum absolute atomic E-state index is 12.2. The molecule has 0 saturated heterocycles. The van der Waals surface area contributed by atoms with Gasteiger partial charge >= 0.3 is 0 Å². The van der Waals surface area contributed by atoms with Gasteiger partial charge in [-0.3, -0.25) is 4.79 Å². The lowest BCUT2D eigenvalue weighted by atomic mass is 9.97. The highest BCUT2D eigenvalue weighted by molar-refractivity contribution is 8.00. The summed E-state index contributed by atoms with van der Waals surface area (Å²) in [6.45, 7) is 8.27. The van der Waals surface area contributed by atoms with Crippen molar-refractivity contribution in [2.45, 2.75) is 39.4 Å². The minimum atomic E-state index is 0.185. The Bertz CT molecular complexity index is 403. The first-order chi connectivity index (χ1) is 8.45. The fourth-order valence-corrected chi connectivity index (χ4v) is 3.03. The number of aliphatic hydroxyl groups excluding tert-OH is 1. The molecule has 0 amide bonds. The minimum Gasteiger partial charge on any atom is -0.396 e. The molecule has 1 aromatic carbocycles. The van der Waals surface area contributed by atoms with Gasteiger partial charge in [0.05, 0.1) is 5.75 Å². The summed E-state index contributed by atoms with van der Waals surface area (Å²) in [6, 6.07) is 4.12. The average Bonchev–Trinajstić information content (AvgIpc) is 2.25. The van der Waals surface area contributed by atoms with E-state index in [4.69, 9.17) is 5.11 Å². The summed E-state index contributed by atoms with van der Waals surface area (Å²) in [7, 11) is 0. The molecule has 0 saturated carbocycles. The number of hydrogen-bond acceptors (Lipinski definition) is 3. The van der Waals surface area contributed by atoms with Crippen LogP contribution in [0.1, 0.15) is 40.4 Å². The predicted octanol–water partition coefficient (Wildman–Crippen LogP) is 3.30. The Morgan fingerprint density at radius 2 is 1.83 bits per heavy atom. The fraction of sp³-hybridized carbons (Fsp3) is 0.533. The van der Waals surface area contributed by atoms with Crippen molar-refractivity contribution in [2.24, 2.45) is 0 Å². The summed E-state index contributed by atoms with van der Waals surface area (Å²) in [5.41, 5.74) is 4.19. The van der Waals surface area contributed by atoms with E-state index in [0.29, 0.717) is 11.0 Å². The van der Waals surface area contributed by atoms with Crippen LogP contribution in [0.25, 0.3) is 0 Å². The molecule has 0 aromatic heterocycles. The topological polar surface area (TPSA) is 37.3 Å². The number of thioether (sulfide) groups is 1. The Kier molecular flexibility index (Phi) is 5.89. The van der Waals surface area contributed by atoms with Crippen molar-refractivity contribution in [1.82, 2.24) is 0 Å². The molecule has 0 aliphatic heterocycles. The van der Waals surface area contributed by atoms with Crippen LogP contribution in [0.3, 0.4) is 0 Å². The molecule has 0 aliphatic carbocycles. The van der Waals surface area contributed by atoms with Crippen LogP contribution in [0.5, 0.6) is 0 Å². The lowest BCUT2D eigenvalue weighted by Gasteiger charge is -2.12. The van der Waals surface area contributed by atoms with Crippen LogP contribution < -0.4 is 0 Å². The summed E-state index contributed by atoms with van der Waals surface area (Å²) in [5.74, 6) is 0.686. The first-order valence-corrected chi connectivity index (χ1v) is 7.34. The lowest BCUT2D eigenvalue weighted by molar-refractivity contribution is 0.102. The number of hydrogen-bond donors (Lipinski definition) is 1. The molecular weight excluding hydrogens is 244 g/mol. The largest absolute Gasteiger partial charge is 0.396 e. The third kappa shape index (κ3) is 4.14. The van der Waals surface area contributed by atoms with Crippen LogP contribution in [-0.2, 0) is 0 Å². The molecule has 0 fully saturated rings. The van der Waals surface area contributed by atoms with Crippen molar-refractivity contribution in [3.63, 3.8) is 0 Å². The van der Waals surface area contributed by atoms with Crippen molar-refractivity contribution in [3.05, 3.63) is 34.4 Å². The van der Waals surface area contributed by atoms with Crippen molar-refractivity contribution < 1.29 is 9.90 Å². The Balaban J connectivity index is 2.73. The quantitative estimate of drug-likeness (QED) is 0.803. The second-order valence-electron chi connectivity index (χ2n) is 4.83. The fourth-order valence-electron chi connectivity index (χ4n) is 2.18. The van der Waals surface area contributed by atoms with Crippen LogP contribution in [0.15, 0.2) is 12.1 Å². The van der Waals surface area contributed by atoms with Crippen molar-refractivity contribution in [3.8, 4) is 0 Å². The number of ketones is 1. The molecule has 3 heteroatoms. The van der Waals surface area contributed by atoms with E-state index in [2.05, 4.69) is 12.1 Å². The molecule has 0 spiro atoms.